The first kappa shape index (κ1) is 15.7. The zero-order valence-electron chi connectivity index (χ0n) is 12.8. The van der Waals surface area contributed by atoms with Crippen molar-refractivity contribution in [1.82, 2.24) is 4.90 Å². The third-order valence-corrected chi connectivity index (χ3v) is 4.74. The van der Waals surface area contributed by atoms with Gasteiger partial charge in [0, 0.05) is 19.2 Å². The molecule has 1 heterocycles. The fraction of sp³-hybridized carbons (Fsp3) is 0.933. The second-order valence-electron chi connectivity index (χ2n) is 6.33. The van der Waals surface area contributed by atoms with Crippen molar-refractivity contribution in [3.05, 3.63) is 0 Å². The summed E-state index contributed by atoms with van der Waals surface area (Å²) in [6.07, 6.45) is 7.39. The molecule has 5 nitrogen and oxygen atoms in total. The van der Waals surface area contributed by atoms with Crippen molar-refractivity contribution in [2.24, 2.45) is 5.73 Å². The predicted octanol–water partition coefficient (Wildman–Crippen LogP) is 1.30. The summed E-state index contributed by atoms with van der Waals surface area (Å²) >= 11 is 0. The van der Waals surface area contributed by atoms with Gasteiger partial charge in [-0.25, -0.2) is 0 Å². The average Bonchev–Trinajstić information content (AvgIpc) is 2.47. The summed E-state index contributed by atoms with van der Waals surface area (Å²) in [6.45, 7) is 1.81. The van der Waals surface area contributed by atoms with Gasteiger partial charge >= 0.3 is 5.97 Å². The molecule has 0 amide bonds. The lowest BCUT2D eigenvalue weighted by Crippen LogP contribution is -2.56. The van der Waals surface area contributed by atoms with Crippen LogP contribution in [0.25, 0.3) is 0 Å². The lowest BCUT2D eigenvalue weighted by molar-refractivity contribution is -0.149. The lowest BCUT2D eigenvalue weighted by Gasteiger charge is -2.41. The van der Waals surface area contributed by atoms with Crippen molar-refractivity contribution in [2.45, 2.75) is 62.6 Å². The van der Waals surface area contributed by atoms with E-state index in [0.717, 1.165) is 38.8 Å². The molecule has 0 bridgehead atoms. The van der Waals surface area contributed by atoms with Crippen LogP contribution in [-0.2, 0) is 14.3 Å². The summed E-state index contributed by atoms with van der Waals surface area (Å²) in [6, 6.07) is 0.346. The molecule has 2 rings (SSSR count). The minimum absolute atomic E-state index is 0.274. The third-order valence-electron chi connectivity index (χ3n) is 4.74. The van der Waals surface area contributed by atoms with Gasteiger partial charge in [0.2, 0.25) is 0 Å². The number of carbonyl (C=O) groups is 1. The van der Waals surface area contributed by atoms with Crippen LogP contribution in [0.15, 0.2) is 0 Å². The number of hydrogen-bond donors (Lipinski definition) is 1. The number of hydrogen-bond acceptors (Lipinski definition) is 5. The Bertz CT molecular complexity index is 331. The molecule has 0 spiro atoms. The molecule has 1 aliphatic carbocycles. The van der Waals surface area contributed by atoms with Crippen LogP contribution in [0.5, 0.6) is 0 Å². The Labute approximate surface area is 121 Å². The Morgan fingerprint density at radius 3 is 2.85 bits per heavy atom. The molecule has 3 unspecified atom stereocenters. The van der Waals surface area contributed by atoms with E-state index >= 15 is 0 Å². The normalized spacial score (nSPS) is 35.0. The molecule has 3 atom stereocenters. The smallest absolute Gasteiger partial charge is 0.325 e. The van der Waals surface area contributed by atoms with Crippen molar-refractivity contribution >= 4 is 5.97 Å². The Balaban J connectivity index is 1.89. The minimum atomic E-state index is -0.806. The number of nitrogens with two attached hydrogens (primary N) is 1. The molecule has 5 heteroatoms. The van der Waals surface area contributed by atoms with Gasteiger partial charge in [-0.3, -0.25) is 4.79 Å². The van der Waals surface area contributed by atoms with Crippen LogP contribution in [0.2, 0.25) is 0 Å². The average molecular weight is 284 g/mol. The van der Waals surface area contributed by atoms with Gasteiger partial charge in [-0.2, -0.15) is 0 Å². The quantitative estimate of drug-likeness (QED) is 0.788. The molecule has 1 aliphatic heterocycles. The van der Waals surface area contributed by atoms with E-state index in [4.69, 9.17) is 15.2 Å². The summed E-state index contributed by atoms with van der Waals surface area (Å²) in [5.74, 6) is -0.274. The maximum absolute atomic E-state index is 11.9. The molecular weight excluding hydrogens is 256 g/mol. The van der Waals surface area contributed by atoms with Gasteiger partial charge in [0.1, 0.15) is 5.54 Å². The summed E-state index contributed by atoms with van der Waals surface area (Å²) < 4.78 is 10.7. The van der Waals surface area contributed by atoms with Crippen LogP contribution in [0, 0.1) is 0 Å². The van der Waals surface area contributed by atoms with E-state index in [9.17, 15) is 4.79 Å². The van der Waals surface area contributed by atoms with Crippen LogP contribution in [0.3, 0.4) is 0 Å². The number of carbonyl (C=O) groups excluding carboxylic acids is 1. The molecule has 2 fully saturated rings. The highest BCUT2D eigenvalue weighted by Crippen LogP contribution is 2.30. The van der Waals surface area contributed by atoms with Crippen molar-refractivity contribution in [3.8, 4) is 0 Å². The van der Waals surface area contributed by atoms with Crippen molar-refractivity contribution in [3.63, 3.8) is 0 Å². The molecule has 0 aromatic carbocycles. The molecule has 2 N–H and O–H groups in total. The Kier molecular flexibility index (Phi) is 5.41. The molecule has 1 saturated carbocycles. The highest BCUT2D eigenvalue weighted by molar-refractivity contribution is 5.80. The zero-order chi connectivity index (χ0) is 14.6. The number of ether oxygens (including phenoxy) is 2. The van der Waals surface area contributed by atoms with E-state index < -0.39 is 5.54 Å². The number of nitrogens with zero attached hydrogens (tertiary/aromatic N) is 1. The number of esters is 1. The predicted molar refractivity (Wildman–Crippen MR) is 77.4 cm³/mol. The Hall–Kier alpha value is -0.650. The summed E-state index contributed by atoms with van der Waals surface area (Å²) in [4.78, 5) is 14.2. The molecule has 0 radical (unpaired) electrons. The minimum Gasteiger partial charge on any atom is -0.468 e. The van der Waals surface area contributed by atoms with Crippen molar-refractivity contribution < 1.29 is 14.3 Å². The maximum Gasteiger partial charge on any atom is 0.325 e. The Morgan fingerprint density at radius 2 is 2.20 bits per heavy atom. The van der Waals surface area contributed by atoms with Crippen LogP contribution in [0.4, 0.5) is 0 Å². The molecule has 0 aromatic rings. The van der Waals surface area contributed by atoms with E-state index in [1.54, 1.807) is 0 Å². The summed E-state index contributed by atoms with van der Waals surface area (Å²) in [5.41, 5.74) is 5.44. The highest BCUT2D eigenvalue weighted by Gasteiger charge is 2.41. The third kappa shape index (κ3) is 3.71. The summed E-state index contributed by atoms with van der Waals surface area (Å²) in [5, 5.41) is 0. The molecule has 1 saturated heterocycles. The van der Waals surface area contributed by atoms with Crippen molar-refractivity contribution in [1.29, 1.82) is 0 Å². The van der Waals surface area contributed by atoms with Gasteiger partial charge in [0.05, 0.1) is 13.2 Å². The molecular formula is C15H28N2O3. The standard InChI is InChI=1S/C15H28N2O3/c1-17(11-13-7-3-4-9-20-13)12-6-5-8-15(16,10-12)14(18)19-2/h12-13H,3-11,16H2,1-2H3. The second-order valence-corrected chi connectivity index (χ2v) is 6.33. The van der Waals surface area contributed by atoms with Crippen LogP contribution >= 0.6 is 0 Å². The molecule has 20 heavy (non-hydrogen) atoms. The second kappa shape index (κ2) is 6.87. The Morgan fingerprint density at radius 1 is 1.40 bits per heavy atom. The number of likely N-dealkylation sites (N-methyl/N-ethyl adjacent to an activating group) is 1. The van der Waals surface area contributed by atoms with Gasteiger partial charge in [0.15, 0.2) is 0 Å². The molecule has 0 aromatic heterocycles. The van der Waals surface area contributed by atoms with Gasteiger partial charge in [-0.15, -0.1) is 0 Å². The van der Waals surface area contributed by atoms with Crippen LogP contribution in [0.1, 0.15) is 44.9 Å². The van der Waals surface area contributed by atoms with Crippen LogP contribution < -0.4 is 5.73 Å². The van der Waals surface area contributed by atoms with Gasteiger partial charge in [-0.05, 0) is 52.0 Å². The fourth-order valence-corrected chi connectivity index (χ4v) is 3.46. The van der Waals surface area contributed by atoms with E-state index in [2.05, 4.69) is 11.9 Å². The van der Waals surface area contributed by atoms with E-state index in [0.29, 0.717) is 18.6 Å². The first-order valence-electron chi connectivity index (χ1n) is 7.74. The topological polar surface area (TPSA) is 64.8 Å². The van der Waals surface area contributed by atoms with Gasteiger partial charge in [0.25, 0.3) is 0 Å². The monoisotopic (exact) mass is 284 g/mol. The number of rotatable bonds is 4. The van der Waals surface area contributed by atoms with Gasteiger partial charge in [-0.1, -0.05) is 0 Å². The van der Waals surface area contributed by atoms with Crippen molar-refractivity contribution in [2.75, 3.05) is 27.3 Å². The number of methoxy groups -OCH3 is 1. The highest BCUT2D eigenvalue weighted by atomic mass is 16.5. The zero-order valence-corrected chi connectivity index (χ0v) is 12.8. The summed E-state index contributed by atoms with van der Waals surface area (Å²) in [7, 11) is 3.53. The van der Waals surface area contributed by atoms with E-state index in [-0.39, 0.29) is 5.97 Å². The molecule has 116 valence electrons. The van der Waals surface area contributed by atoms with E-state index in [1.807, 2.05) is 0 Å². The molecule has 2 aliphatic rings. The SMILES string of the molecule is COC(=O)C1(N)CCCC(N(C)CC2CCCCO2)C1. The van der Waals surface area contributed by atoms with Crippen LogP contribution in [-0.4, -0.2) is 55.9 Å². The first-order chi connectivity index (χ1) is 9.55. The first-order valence-corrected chi connectivity index (χ1v) is 7.74. The maximum atomic E-state index is 11.9. The van der Waals surface area contributed by atoms with E-state index in [1.165, 1.54) is 20.0 Å². The fourth-order valence-electron chi connectivity index (χ4n) is 3.46. The largest absolute Gasteiger partial charge is 0.468 e. The lowest BCUT2D eigenvalue weighted by atomic mass is 9.79. The van der Waals surface area contributed by atoms with Gasteiger partial charge < -0.3 is 20.1 Å².